The van der Waals surface area contributed by atoms with Gasteiger partial charge in [-0.05, 0) is 44.9 Å². The van der Waals surface area contributed by atoms with Gasteiger partial charge in [-0.25, -0.2) is 0 Å². The molecular formula is C41H78NO7P. The summed E-state index contributed by atoms with van der Waals surface area (Å²) in [6.07, 6.45) is 38.7. The third kappa shape index (κ3) is 38.0. The zero-order chi connectivity index (χ0) is 37.0. The number of phosphoric acid groups is 1. The molecule has 0 aliphatic rings. The van der Waals surface area contributed by atoms with Crippen LogP contribution in [0.5, 0.6) is 0 Å². The average molecular weight is 728 g/mol. The van der Waals surface area contributed by atoms with Crippen LogP contribution in [0, 0.1) is 0 Å². The third-order valence-corrected chi connectivity index (χ3v) is 9.42. The molecule has 0 N–H and O–H groups in total. The number of likely N-dealkylation sites (N-methyl/N-ethyl adjacent to an activating group) is 1. The Morgan fingerprint density at radius 1 is 0.640 bits per heavy atom. The maximum Gasteiger partial charge on any atom is 0.306 e. The van der Waals surface area contributed by atoms with Crippen molar-refractivity contribution in [3.05, 3.63) is 36.5 Å². The molecule has 0 aromatic heterocycles. The third-order valence-electron chi connectivity index (χ3n) is 8.46. The number of rotatable bonds is 37. The van der Waals surface area contributed by atoms with Gasteiger partial charge in [0, 0.05) is 13.0 Å². The molecule has 0 rings (SSSR count). The lowest BCUT2D eigenvalue weighted by molar-refractivity contribution is -0.870. The van der Waals surface area contributed by atoms with Gasteiger partial charge in [0.2, 0.25) is 0 Å². The van der Waals surface area contributed by atoms with Crippen LogP contribution in [0.2, 0.25) is 0 Å². The number of hydrogen-bond acceptors (Lipinski definition) is 7. The van der Waals surface area contributed by atoms with Crippen molar-refractivity contribution in [2.45, 2.75) is 168 Å². The van der Waals surface area contributed by atoms with Crippen molar-refractivity contribution < 1.29 is 37.3 Å². The average Bonchev–Trinajstić information content (AvgIpc) is 3.06. The quantitative estimate of drug-likeness (QED) is 0.0207. The Bertz CT molecular complexity index is 900. The van der Waals surface area contributed by atoms with Crippen molar-refractivity contribution in [2.75, 3.05) is 54.1 Å². The minimum atomic E-state index is -4.52. The lowest BCUT2D eigenvalue weighted by atomic mass is 10.0. The van der Waals surface area contributed by atoms with Crippen LogP contribution < -0.4 is 4.89 Å². The lowest BCUT2D eigenvalue weighted by Crippen LogP contribution is -2.37. The van der Waals surface area contributed by atoms with Crippen molar-refractivity contribution in [1.29, 1.82) is 0 Å². The van der Waals surface area contributed by atoms with E-state index in [-0.39, 0.29) is 32.2 Å². The molecule has 50 heavy (non-hydrogen) atoms. The molecule has 0 aromatic rings. The Morgan fingerprint density at radius 3 is 1.72 bits per heavy atom. The molecule has 0 saturated carbocycles. The second-order valence-corrected chi connectivity index (χ2v) is 16.0. The van der Waals surface area contributed by atoms with Crippen molar-refractivity contribution in [2.24, 2.45) is 0 Å². The van der Waals surface area contributed by atoms with Crippen molar-refractivity contribution >= 4 is 13.8 Å². The fraction of sp³-hybridized carbons (Fsp3) is 0.829. The number of carbonyl (C=O) groups is 1. The highest BCUT2D eigenvalue weighted by atomic mass is 31.2. The van der Waals surface area contributed by atoms with Crippen LogP contribution in [-0.2, 0) is 27.9 Å². The van der Waals surface area contributed by atoms with E-state index in [1.54, 1.807) is 0 Å². The van der Waals surface area contributed by atoms with Gasteiger partial charge in [-0.2, -0.15) is 0 Å². The molecule has 0 saturated heterocycles. The van der Waals surface area contributed by atoms with Crippen LogP contribution in [0.15, 0.2) is 36.5 Å². The number of ether oxygens (including phenoxy) is 2. The zero-order valence-corrected chi connectivity index (χ0v) is 34.0. The summed E-state index contributed by atoms with van der Waals surface area (Å²) in [7, 11) is 1.34. The predicted molar refractivity (Wildman–Crippen MR) is 208 cm³/mol. The molecule has 0 bridgehead atoms. The second-order valence-electron chi connectivity index (χ2n) is 14.6. The number of phosphoric ester groups is 1. The van der Waals surface area contributed by atoms with Gasteiger partial charge in [0.05, 0.1) is 34.4 Å². The molecule has 0 aromatic carbocycles. The molecule has 2 unspecified atom stereocenters. The summed E-state index contributed by atoms with van der Waals surface area (Å²) in [5.74, 6) is -0.362. The number of carbonyl (C=O) groups excluding carboxylic acids is 1. The first-order chi connectivity index (χ1) is 24.1. The summed E-state index contributed by atoms with van der Waals surface area (Å²) in [5.41, 5.74) is 0. The first kappa shape index (κ1) is 48.7. The van der Waals surface area contributed by atoms with E-state index in [1.165, 1.54) is 83.5 Å². The topological polar surface area (TPSA) is 94.1 Å². The molecule has 9 heteroatoms. The molecule has 2 atom stereocenters. The van der Waals surface area contributed by atoms with Crippen LogP contribution in [0.3, 0.4) is 0 Å². The maximum absolute atomic E-state index is 12.6. The van der Waals surface area contributed by atoms with E-state index in [1.807, 2.05) is 21.1 Å². The fourth-order valence-electron chi connectivity index (χ4n) is 5.32. The van der Waals surface area contributed by atoms with Gasteiger partial charge < -0.3 is 27.9 Å². The number of unbranched alkanes of at least 4 members (excludes halogenated alkanes) is 17. The van der Waals surface area contributed by atoms with Crippen LogP contribution in [-0.4, -0.2) is 70.7 Å². The van der Waals surface area contributed by atoms with E-state index in [0.29, 0.717) is 17.6 Å². The van der Waals surface area contributed by atoms with Gasteiger partial charge in [0.25, 0.3) is 7.82 Å². The minimum absolute atomic E-state index is 0.0208. The van der Waals surface area contributed by atoms with Gasteiger partial charge in [-0.3, -0.25) is 9.36 Å². The Morgan fingerprint density at radius 2 is 1.16 bits per heavy atom. The number of quaternary nitrogens is 1. The highest BCUT2D eigenvalue weighted by Gasteiger charge is 2.20. The van der Waals surface area contributed by atoms with Gasteiger partial charge >= 0.3 is 5.97 Å². The molecule has 0 fully saturated rings. The molecule has 294 valence electrons. The van der Waals surface area contributed by atoms with Gasteiger partial charge in [0.1, 0.15) is 19.3 Å². The highest BCUT2D eigenvalue weighted by molar-refractivity contribution is 7.45. The largest absolute Gasteiger partial charge is 0.756 e. The Labute approximate surface area is 308 Å². The minimum Gasteiger partial charge on any atom is -0.756 e. The zero-order valence-electron chi connectivity index (χ0n) is 33.1. The van der Waals surface area contributed by atoms with E-state index >= 15 is 0 Å². The van der Waals surface area contributed by atoms with E-state index in [9.17, 15) is 14.3 Å². The Kier molecular flexibility index (Phi) is 33.9. The van der Waals surface area contributed by atoms with E-state index in [0.717, 1.165) is 57.8 Å². The summed E-state index contributed by atoms with van der Waals surface area (Å²) in [5, 5.41) is 0. The SMILES string of the molecule is CC/C=C\C/C=C\C/C=C\CCCCCC(=O)OC(COCCCCCCCCCCCCCCCCC)COP(=O)([O-])OCC[N+](C)(C)C. The number of allylic oxidation sites excluding steroid dienone is 6. The molecule has 0 heterocycles. The van der Waals surface area contributed by atoms with Crippen molar-refractivity contribution in [3.8, 4) is 0 Å². The lowest BCUT2D eigenvalue weighted by Gasteiger charge is -2.28. The van der Waals surface area contributed by atoms with Crippen LogP contribution in [0.4, 0.5) is 0 Å². The summed E-state index contributed by atoms with van der Waals surface area (Å²) in [4.78, 5) is 24.9. The van der Waals surface area contributed by atoms with Gasteiger partial charge in [-0.1, -0.05) is 147 Å². The molecule has 0 aliphatic heterocycles. The number of hydrogen-bond donors (Lipinski definition) is 0. The normalized spacial score (nSPS) is 14.3. The monoisotopic (exact) mass is 728 g/mol. The maximum atomic E-state index is 12.6. The number of nitrogens with zero attached hydrogens (tertiary/aromatic N) is 1. The Hall–Kier alpha value is -1.28. The van der Waals surface area contributed by atoms with E-state index < -0.39 is 13.9 Å². The Balaban J connectivity index is 4.30. The predicted octanol–water partition coefficient (Wildman–Crippen LogP) is 10.8. The van der Waals surface area contributed by atoms with Gasteiger partial charge in [0.15, 0.2) is 0 Å². The second kappa shape index (κ2) is 34.8. The summed E-state index contributed by atoms with van der Waals surface area (Å²) in [6.45, 7) is 5.26. The summed E-state index contributed by atoms with van der Waals surface area (Å²) < 4.78 is 34.5. The van der Waals surface area contributed by atoms with Crippen molar-refractivity contribution in [3.63, 3.8) is 0 Å². The van der Waals surface area contributed by atoms with Crippen LogP contribution in [0.1, 0.15) is 162 Å². The van der Waals surface area contributed by atoms with Crippen LogP contribution in [0.25, 0.3) is 0 Å². The van der Waals surface area contributed by atoms with E-state index in [4.69, 9.17) is 18.5 Å². The van der Waals surface area contributed by atoms with Gasteiger partial charge in [-0.15, -0.1) is 0 Å². The molecule has 0 spiro atoms. The van der Waals surface area contributed by atoms with Crippen LogP contribution >= 0.6 is 7.82 Å². The molecule has 0 amide bonds. The first-order valence-electron chi connectivity index (χ1n) is 20.2. The summed E-state index contributed by atoms with van der Waals surface area (Å²) >= 11 is 0. The molecular weight excluding hydrogens is 649 g/mol. The summed E-state index contributed by atoms with van der Waals surface area (Å²) in [6, 6.07) is 0. The fourth-order valence-corrected chi connectivity index (χ4v) is 6.05. The van der Waals surface area contributed by atoms with E-state index in [2.05, 4.69) is 50.3 Å². The molecule has 0 aliphatic carbocycles. The molecule has 0 radical (unpaired) electrons. The molecule has 8 nitrogen and oxygen atoms in total. The first-order valence-corrected chi connectivity index (χ1v) is 21.7. The smallest absolute Gasteiger partial charge is 0.306 e. The van der Waals surface area contributed by atoms with Crippen molar-refractivity contribution in [1.82, 2.24) is 0 Å². The number of esters is 1. The standard InChI is InChI=1S/C41H78NO7P/c1-6-8-10-12-14-16-18-20-21-23-25-27-29-31-33-36-46-38-40(39-48-50(44,45)47-37-35-42(3,4)5)49-41(43)34-32-30-28-26-24-22-19-17-15-13-11-9-7-2/h9,11,15,17,22,24,40H,6-8,10,12-14,16,18-21,23,25-39H2,1-5H3/b11-9-,17-15-,24-22-. The highest BCUT2D eigenvalue weighted by Crippen LogP contribution is 2.38.